The summed E-state index contributed by atoms with van der Waals surface area (Å²) < 4.78 is 0. The van der Waals surface area contributed by atoms with Crippen molar-refractivity contribution in [2.24, 2.45) is 10.8 Å². The standard InChI is InChI=1S/C32H41N3O7/c1-16(36)23-22(37)14-31(4)15-30(3)13-19-21(35(5)6)12-20(34-17(2)33-18-10-8-7-9-11-18)26(38)24(19)27(39)25(30)29(41)32(31,42)28(23)40/h12,18,33-34,38-40,42H,2,7-11,13-15H2,1,3-6H3/t30-,31+,32+/m1/s1. The molecule has 1 aromatic carbocycles. The molecule has 1 aromatic rings. The van der Waals surface area contributed by atoms with Crippen LogP contribution in [0, 0.1) is 10.8 Å². The number of rotatable bonds is 6. The Morgan fingerprint density at radius 3 is 2.31 bits per heavy atom. The molecule has 4 aliphatic rings. The number of aliphatic hydroxyl groups is 3. The topological polar surface area (TPSA) is 159 Å². The molecule has 0 amide bonds. The van der Waals surface area contributed by atoms with E-state index < -0.39 is 50.9 Å². The normalized spacial score (nSPS) is 29.5. The van der Waals surface area contributed by atoms with Gasteiger partial charge in [0.1, 0.15) is 22.8 Å². The van der Waals surface area contributed by atoms with Gasteiger partial charge in [-0.1, -0.05) is 39.7 Å². The summed E-state index contributed by atoms with van der Waals surface area (Å²) >= 11 is 0. The molecule has 2 fully saturated rings. The van der Waals surface area contributed by atoms with E-state index in [0.29, 0.717) is 17.1 Å². The molecule has 0 aliphatic heterocycles. The predicted octanol–water partition coefficient (Wildman–Crippen LogP) is 4.18. The Morgan fingerprint density at radius 2 is 1.71 bits per heavy atom. The summed E-state index contributed by atoms with van der Waals surface area (Å²) in [6, 6.07) is 2.03. The van der Waals surface area contributed by atoms with Gasteiger partial charge < -0.3 is 36.0 Å². The molecule has 4 aliphatic carbocycles. The Bertz CT molecular complexity index is 1480. The van der Waals surface area contributed by atoms with Crippen molar-refractivity contribution < 1.29 is 34.8 Å². The smallest absolute Gasteiger partial charge is 0.203 e. The summed E-state index contributed by atoms with van der Waals surface area (Å²) in [6.45, 7) is 8.49. The van der Waals surface area contributed by atoms with E-state index in [9.17, 15) is 34.8 Å². The van der Waals surface area contributed by atoms with E-state index in [0.717, 1.165) is 32.6 Å². The fourth-order valence-electron chi connectivity index (χ4n) is 7.89. The van der Waals surface area contributed by atoms with Gasteiger partial charge in [-0.05, 0) is 44.2 Å². The molecule has 0 bridgehead atoms. The molecule has 10 nitrogen and oxygen atoms in total. The van der Waals surface area contributed by atoms with E-state index >= 15 is 0 Å². The molecule has 5 rings (SSSR count). The van der Waals surface area contributed by atoms with Crippen molar-refractivity contribution in [3.05, 3.63) is 46.5 Å². The van der Waals surface area contributed by atoms with Crippen LogP contribution in [-0.2, 0) is 20.8 Å². The van der Waals surface area contributed by atoms with E-state index in [1.54, 1.807) is 19.9 Å². The van der Waals surface area contributed by atoms with E-state index in [-0.39, 0.29) is 47.9 Å². The van der Waals surface area contributed by atoms with Crippen molar-refractivity contribution in [2.45, 2.75) is 83.8 Å². The van der Waals surface area contributed by atoms with Gasteiger partial charge in [0.25, 0.3) is 0 Å². The van der Waals surface area contributed by atoms with Crippen molar-refractivity contribution in [1.82, 2.24) is 5.32 Å². The average molecular weight is 580 g/mol. The van der Waals surface area contributed by atoms with E-state index in [1.165, 1.54) is 6.42 Å². The third-order valence-corrected chi connectivity index (χ3v) is 9.75. The Balaban J connectivity index is 1.65. The highest BCUT2D eigenvalue weighted by molar-refractivity contribution is 6.23. The predicted molar refractivity (Wildman–Crippen MR) is 159 cm³/mol. The molecule has 0 radical (unpaired) electrons. The van der Waals surface area contributed by atoms with Crippen LogP contribution in [0.5, 0.6) is 5.75 Å². The number of aliphatic hydroxyl groups excluding tert-OH is 2. The maximum Gasteiger partial charge on any atom is 0.203 e. The van der Waals surface area contributed by atoms with Crippen LogP contribution in [-0.4, -0.2) is 63.5 Å². The van der Waals surface area contributed by atoms with Gasteiger partial charge in [0.05, 0.1) is 17.1 Å². The largest absolute Gasteiger partial charge is 0.508 e. The van der Waals surface area contributed by atoms with Crippen LogP contribution in [0.1, 0.15) is 76.8 Å². The van der Waals surface area contributed by atoms with Crippen LogP contribution >= 0.6 is 0 Å². The third kappa shape index (κ3) is 4.21. The molecule has 226 valence electrons. The monoisotopic (exact) mass is 579 g/mol. The second-order valence-electron chi connectivity index (χ2n) is 13.2. The van der Waals surface area contributed by atoms with Gasteiger partial charge in [0, 0.05) is 48.6 Å². The first-order chi connectivity index (χ1) is 19.6. The van der Waals surface area contributed by atoms with Gasteiger partial charge in [-0.15, -0.1) is 0 Å². The number of Topliss-reactive ketones (excluding diaryl/α,β-unsaturated/α-hetero) is 3. The molecule has 0 unspecified atom stereocenters. The molecule has 10 heteroatoms. The van der Waals surface area contributed by atoms with Crippen molar-refractivity contribution in [2.75, 3.05) is 24.3 Å². The lowest BCUT2D eigenvalue weighted by Gasteiger charge is -2.56. The molecule has 0 heterocycles. The first-order valence-electron chi connectivity index (χ1n) is 14.5. The van der Waals surface area contributed by atoms with Crippen LogP contribution in [0.2, 0.25) is 0 Å². The Hall–Kier alpha value is -3.79. The minimum atomic E-state index is -2.60. The highest BCUT2D eigenvalue weighted by Crippen LogP contribution is 2.63. The summed E-state index contributed by atoms with van der Waals surface area (Å²) in [5.41, 5.74) is -4.23. The minimum Gasteiger partial charge on any atom is -0.508 e. The van der Waals surface area contributed by atoms with Crippen molar-refractivity contribution in [3.8, 4) is 5.75 Å². The fourth-order valence-corrected chi connectivity index (χ4v) is 7.89. The average Bonchev–Trinajstić information content (AvgIpc) is 2.87. The molecule has 0 saturated heterocycles. The molecule has 42 heavy (non-hydrogen) atoms. The lowest BCUT2D eigenvalue weighted by atomic mass is 9.47. The summed E-state index contributed by atoms with van der Waals surface area (Å²) in [5.74, 6) is -3.67. The van der Waals surface area contributed by atoms with Gasteiger partial charge >= 0.3 is 0 Å². The van der Waals surface area contributed by atoms with E-state index in [4.69, 9.17) is 0 Å². The third-order valence-electron chi connectivity index (χ3n) is 9.75. The number of aromatic hydroxyl groups is 1. The van der Waals surface area contributed by atoms with Gasteiger partial charge in [-0.3, -0.25) is 14.4 Å². The number of ketones is 3. The highest BCUT2D eigenvalue weighted by Gasteiger charge is 2.68. The van der Waals surface area contributed by atoms with Crippen molar-refractivity contribution in [3.63, 3.8) is 0 Å². The Morgan fingerprint density at radius 1 is 1.07 bits per heavy atom. The summed E-state index contributed by atoms with van der Waals surface area (Å²) in [7, 11) is 3.67. The Labute approximate surface area is 245 Å². The molecule has 0 aromatic heterocycles. The van der Waals surface area contributed by atoms with Gasteiger partial charge in [-0.25, -0.2) is 0 Å². The number of hydrogen-bond acceptors (Lipinski definition) is 10. The number of benzene rings is 1. The molecule has 0 spiro atoms. The molecular formula is C32H41N3O7. The van der Waals surface area contributed by atoms with E-state index in [1.807, 2.05) is 19.0 Å². The van der Waals surface area contributed by atoms with Gasteiger partial charge in [0.15, 0.2) is 17.2 Å². The number of carbonyl (C=O) groups excluding carboxylic acids is 3. The SMILES string of the molecule is C=C(Nc1cc(N(C)C)c2c(c1O)C(O)=C1C(=O)[C@@]3(O)C(O)=C(C(C)=O)C(=O)C[C@@]3(C)C[C@@]1(C)C2)NC1CCCCC1. The summed E-state index contributed by atoms with van der Waals surface area (Å²) in [5, 5.41) is 52.7. The number of hydrogen-bond donors (Lipinski definition) is 6. The zero-order valence-corrected chi connectivity index (χ0v) is 25.0. The number of nitrogens with one attached hydrogen (secondary N) is 2. The number of phenols is 1. The lowest BCUT2D eigenvalue weighted by molar-refractivity contribution is -0.164. The highest BCUT2D eigenvalue weighted by atomic mass is 16.3. The van der Waals surface area contributed by atoms with Crippen LogP contribution in [0.15, 0.2) is 35.4 Å². The quantitative estimate of drug-likeness (QED) is 0.213. The zero-order valence-electron chi connectivity index (χ0n) is 25.0. The first-order valence-corrected chi connectivity index (χ1v) is 14.5. The number of allylic oxidation sites excluding steroid dienone is 1. The second-order valence-corrected chi connectivity index (χ2v) is 13.2. The maximum absolute atomic E-state index is 14.2. The molecular weight excluding hydrogens is 538 g/mol. The molecule has 2 saturated carbocycles. The van der Waals surface area contributed by atoms with Crippen LogP contribution in [0.3, 0.4) is 0 Å². The number of anilines is 2. The van der Waals surface area contributed by atoms with Crippen LogP contribution in [0.4, 0.5) is 11.4 Å². The minimum absolute atomic E-state index is 0.0457. The van der Waals surface area contributed by atoms with Crippen LogP contribution < -0.4 is 15.5 Å². The van der Waals surface area contributed by atoms with E-state index in [2.05, 4.69) is 17.2 Å². The van der Waals surface area contributed by atoms with Crippen molar-refractivity contribution >= 4 is 34.5 Å². The maximum atomic E-state index is 14.2. The zero-order chi connectivity index (χ0) is 30.9. The Kier molecular flexibility index (Phi) is 7.00. The fraction of sp³-hybridized carbons (Fsp3) is 0.531. The first kappa shape index (κ1) is 29.7. The lowest BCUT2D eigenvalue weighted by Crippen LogP contribution is -2.65. The summed E-state index contributed by atoms with van der Waals surface area (Å²) in [4.78, 5) is 41.3. The van der Waals surface area contributed by atoms with Crippen LogP contribution in [0.25, 0.3) is 5.76 Å². The summed E-state index contributed by atoms with van der Waals surface area (Å²) in [6.07, 6.45) is 5.45. The number of fused-ring (bicyclic) bond motifs is 3. The molecule has 6 N–H and O–H groups in total. The van der Waals surface area contributed by atoms with Gasteiger partial charge in [-0.2, -0.15) is 0 Å². The number of nitrogens with zero attached hydrogens (tertiary/aromatic N) is 1. The van der Waals surface area contributed by atoms with Crippen molar-refractivity contribution in [1.29, 1.82) is 0 Å². The second kappa shape index (κ2) is 9.90. The molecule has 3 atom stereocenters. The number of carbonyl (C=O) groups is 3. The van der Waals surface area contributed by atoms with Gasteiger partial charge in [0.2, 0.25) is 5.78 Å². The number of phenolic OH excluding ortho intramolecular Hbond substituents is 1.